The normalized spacial score (nSPS) is 11.1. The molecule has 172 valence electrons. The number of carbonyl (C=O) groups excluding carboxylic acids is 1. The maximum absolute atomic E-state index is 12.4. The highest BCUT2D eigenvalue weighted by molar-refractivity contribution is 5.91. The molecule has 0 amide bonds. The number of nitrogens with zero attached hydrogens (tertiary/aromatic N) is 1. The molecule has 0 unspecified atom stereocenters. The van der Waals surface area contributed by atoms with Gasteiger partial charge in [0.15, 0.2) is 23.0 Å². The number of benzene rings is 3. The molecule has 0 spiro atoms. The quantitative estimate of drug-likeness (QED) is 0.134. The van der Waals surface area contributed by atoms with Gasteiger partial charge in [-0.3, -0.25) is 0 Å². The van der Waals surface area contributed by atoms with E-state index in [1.165, 1.54) is 13.2 Å². The molecule has 0 heterocycles. The fourth-order valence-corrected chi connectivity index (χ4v) is 3.19. The molecular formula is C28H25NO5. The lowest BCUT2D eigenvalue weighted by Gasteiger charge is -2.10. The highest BCUT2D eigenvalue weighted by atomic mass is 16.6. The van der Waals surface area contributed by atoms with Gasteiger partial charge in [-0.1, -0.05) is 42.5 Å². The van der Waals surface area contributed by atoms with E-state index in [0.717, 1.165) is 16.7 Å². The SMILES string of the molecule is CCOc1ccc(/C=C/C(=O)Oc2ccc(/C=C(/C#N)c3ccccc3)cc2OC)cc1OC. The lowest BCUT2D eigenvalue weighted by molar-refractivity contribution is -0.129. The molecule has 0 N–H and O–H groups in total. The molecule has 0 saturated carbocycles. The molecule has 0 fully saturated rings. The third-order valence-electron chi connectivity index (χ3n) is 4.81. The molecule has 0 saturated heterocycles. The van der Waals surface area contributed by atoms with Gasteiger partial charge in [-0.2, -0.15) is 5.26 Å². The third-order valence-corrected chi connectivity index (χ3v) is 4.81. The van der Waals surface area contributed by atoms with Gasteiger partial charge in [0.2, 0.25) is 0 Å². The summed E-state index contributed by atoms with van der Waals surface area (Å²) in [5.74, 6) is 1.31. The maximum atomic E-state index is 12.4. The highest BCUT2D eigenvalue weighted by Gasteiger charge is 2.10. The summed E-state index contributed by atoms with van der Waals surface area (Å²) in [6.07, 6.45) is 4.71. The smallest absolute Gasteiger partial charge is 0.336 e. The molecule has 0 aliphatic carbocycles. The van der Waals surface area contributed by atoms with Gasteiger partial charge in [-0.05, 0) is 60.0 Å². The maximum Gasteiger partial charge on any atom is 0.336 e. The van der Waals surface area contributed by atoms with Crippen molar-refractivity contribution in [3.05, 3.63) is 89.5 Å². The summed E-state index contributed by atoms with van der Waals surface area (Å²) in [5, 5.41) is 9.53. The summed E-state index contributed by atoms with van der Waals surface area (Å²) in [4.78, 5) is 12.4. The zero-order valence-electron chi connectivity index (χ0n) is 19.3. The minimum atomic E-state index is -0.559. The van der Waals surface area contributed by atoms with Gasteiger partial charge in [0, 0.05) is 6.08 Å². The molecule has 34 heavy (non-hydrogen) atoms. The van der Waals surface area contributed by atoms with Gasteiger partial charge in [0.05, 0.1) is 32.5 Å². The number of carbonyl (C=O) groups is 1. The molecule has 3 aromatic rings. The Hall–Kier alpha value is -4.50. The van der Waals surface area contributed by atoms with E-state index < -0.39 is 5.97 Å². The number of allylic oxidation sites excluding steroid dienone is 1. The number of nitriles is 1. The van der Waals surface area contributed by atoms with Gasteiger partial charge in [-0.15, -0.1) is 0 Å². The first-order chi connectivity index (χ1) is 16.6. The third kappa shape index (κ3) is 6.27. The van der Waals surface area contributed by atoms with Crippen LogP contribution in [0.25, 0.3) is 17.7 Å². The second-order valence-electron chi connectivity index (χ2n) is 7.04. The minimum absolute atomic E-state index is 0.275. The van der Waals surface area contributed by atoms with Gasteiger partial charge in [-0.25, -0.2) is 4.79 Å². The number of hydrogen-bond acceptors (Lipinski definition) is 6. The van der Waals surface area contributed by atoms with Crippen molar-refractivity contribution in [3.8, 4) is 29.1 Å². The standard InChI is InChI=1S/C28H25NO5/c1-4-33-24-13-10-20(17-26(24)31-2)12-15-28(30)34-25-14-11-21(18-27(25)32-3)16-23(19-29)22-8-6-5-7-9-22/h5-18H,4H2,1-3H3/b15-12+,23-16-. The van der Waals surface area contributed by atoms with Crippen LogP contribution in [0.4, 0.5) is 0 Å². The zero-order valence-corrected chi connectivity index (χ0v) is 19.3. The fourth-order valence-electron chi connectivity index (χ4n) is 3.19. The van der Waals surface area contributed by atoms with Crippen molar-refractivity contribution in [1.29, 1.82) is 5.26 Å². The summed E-state index contributed by atoms with van der Waals surface area (Å²) >= 11 is 0. The molecule has 3 rings (SSSR count). The number of esters is 1. The lowest BCUT2D eigenvalue weighted by atomic mass is 10.0. The van der Waals surface area contributed by atoms with Gasteiger partial charge < -0.3 is 18.9 Å². The topological polar surface area (TPSA) is 77.8 Å². The summed E-state index contributed by atoms with van der Waals surface area (Å²) in [5.41, 5.74) is 2.83. The molecule has 3 aromatic carbocycles. The van der Waals surface area contributed by atoms with Crippen molar-refractivity contribution < 1.29 is 23.7 Å². The zero-order chi connectivity index (χ0) is 24.3. The van der Waals surface area contributed by atoms with Crippen LogP contribution in [0.5, 0.6) is 23.0 Å². The number of ether oxygens (including phenoxy) is 4. The Morgan fingerprint density at radius 2 is 1.53 bits per heavy atom. The average molecular weight is 456 g/mol. The Bertz CT molecular complexity index is 1240. The minimum Gasteiger partial charge on any atom is -0.493 e. The van der Waals surface area contributed by atoms with Crippen LogP contribution in [0.1, 0.15) is 23.6 Å². The molecule has 0 bridgehead atoms. The second kappa shape index (κ2) is 11.9. The van der Waals surface area contributed by atoms with Crippen molar-refractivity contribution >= 4 is 23.7 Å². The first kappa shape index (κ1) is 24.1. The molecule has 0 atom stereocenters. The fraction of sp³-hybridized carbons (Fsp3) is 0.143. The highest BCUT2D eigenvalue weighted by Crippen LogP contribution is 2.31. The van der Waals surface area contributed by atoms with E-state index in [-0.39, 0.29) is 5.75 Å². The molecule has 0 aliphatic rings. The Morgan fingerprint density at radius 3 is 2.21 bits per heavy atom. The van der Waals surface area contributed by atoms with Crippen LogP contribution < -0.4 is 18.9 Å². The Balaban J connectivity index is 1.75. The number of rotatable bonds is 9. The summed E-state index contributed by atoms with van der Waals surface area (Å²) in [6.45, 7) is 2.42. The first-order valence-corrected chi connectivity index (χ1v) is 10.6. The molecular weight excluding hydrogens is 430 g/mol. The van der Waals surface area contributed by atoms with Crippen LogP contribution in [0, 0.1) is 11.3 Å². The van der Waals surface area contributed by atoms with Crippen LogP contribution >= 0.6 is 0 Å². The van der Waals surface area contributed by atoms with E-state index in [9.17, 15) is 10.1 Å². The van der Waals surface area contributed by atoms with Crippen molar-refractivity contribution in [2.24, 2.45) is 0 Å². The molecule has 0 aliphatic heterocycles. The molecule has 6 heteroatoms. The second-order valence-corrected chi connectivity index (χ2v) is 7.04. The van der Waals surface area contributed by atoms with E-state index >= 15 is 0 Å². The van der Waals surface area contributed by atoms with Crippen molar-refractivity contribution in [2.45, 2.75) is 6.92 Å². The monoisotopic (exact) mass is 455 g/mol. The molecule has 0 aromatic heterocycles. The van der Waals surface area contributed by atoms with Gasteiger partial charge in [0.25, 0.3) is 0 Å². The van der Waals surface area contributed by atoms with E-state index in [0.29, 0.717) is 29.4 Å². The van der Waals surface area contributed by atoms with Crippen LogP contribution in [-0.2, 0) is 4.79 Å². The predicted octanol–water partition coefficient (Wildman–Crippen LogP) is 5.79. The van der Waals surface area contributed by atoms with Crippen LogP contribution in [0.2, 0.25) is 0 Å². The van der Waals surface area contributed by atoms with Crippen LogP contribution in [0.3, 0.4) is 0 Å². The van der Waals surface area contributed by atoms with Crippen molar-refractivity contribution in [2.75, 3.05) is 20.8 Å². The van der Waals surface area contributed by atoms with Crippen molar-refractivity contribution in [1.82, 2.24) is 0 Å². The number of hydrogen-bond donors (Lipinski definition) is 0. The summed E-state index contributed by atoms with van der Waals surface area (Å²) in [7, 11) is 3.05. The van der Waals surface area contributed by atoms with E-state index in [4.69, 9.17) is 18.9 Å². The Labute approximate surface area is 199 Å². The van der Waals surface area contributed by atoms with Crippen LogP contribution in [-0.4, -0.2) is 26.8 Å². The van der Waals surface area contributed by atoms with E-state index in [2.05, 4.69) is 6.07 Å². The van der Waals surface area contributed by atoms with E-state index in [1.807, 2.05) is 43.3 Å². The Morgan fingerprint density at radius 1 is 0.882 bits per heavy atom. The Kier molecular flexibility index (Phi) is 8.48. The summed E-state index contributed by atoms with van der Waals surface area (Å²) < 4.78 is 21.7. The average Bonchev–Trinajstić information content (AvgIpc) is 2.88. The van der Waals surface area contributed by atoms with E-state index in [1.54, 1.807) is 49.6 Å². The van der Waals surface area contributed by atoms with Crippen molar-refractivity contribution in [3.63, 3.8) is 0 Å². The van der Waals surface area contributed by atoms with Gasteiger partial charge >= 0.3 is 5.97 Å². The first-order valence-electron chi connectivity index (χ1n) is 10.6. The molecule has 0 radical (unpaired) electrons. The van der Waals surface area contributed by atoms with Crippen LogP contribution in [0.15, 0.2) is 72.8 Å². The largest absolute Gasteiger partial charge is 0.493 e. The number of methoxy groups -OCH3 is 2. The summed E-state index contributed by atoms with van der Waals surface area (Å²) in [6, 6.07) is 22.1. The predicted molar refractivity (Wildman–Crippen MR) is 132 cm³/mol. The van der Waals surface area contributed by atoms with Gasteiger partial charge in [0.1, 0.15) is 0 Å². The lowest BCUT2D eigenvalue weighted by Crippen LogP contribution is -2.05. The molecule has 6 nitrogen and oxygen atoms in total.